The normalized spacial score (nSPS) is 17.1. The molecule has 0 fully saturated rings. The molecule has 0 bridgehead atoms. The molecule has 90 heavy (non-hydrogen) atoms. The molecule has 3 aliphatic rings. The van der Waals surface area contributed by atoms with Crippen molar-refractivity contribution in [2.24, 2.45) is 0 Å². The first kappa shape index (κ1) is 68.4. The van der Waals surface area contributed by atoms with Crippen LogP contribution in [0.2, 0.25) is 36.3 Å². The van der Waals surface area contributed by atoms with Crippen molar-refractivity contribution in [3.8, 4) is 40.2 Å². The van der Waals surface area contributed by atoms with Crippen LogP contribution in [-0.4, -0.2) is 101 Å². The molecule has 0 amide bonds. The Morgan fingerprint density at radius 3 is 1.28 bits per heavy atom. The second-order valence-electron chi connectivity index (χ2n) is 25.8. The summed E-state index contributed by atoms with van der Waals surface area (Å²) in [5.41, 5.74) is 4.70. The molecule has 7 aromatic carbocycles. The third-order valence-corrected chi connectivity index (χ3v) is 27.4. The van der Waals surface area contributed by atoms with Gasteiger partial charge in [0.05, 0.1) is 61.7 Å². The number of aldehydes is 4. The molecule has 0 saturated heterocycles. The third kappa shape index (κ3) is 13.6. The zero-order valence-electron chi connectivity index (χ0n) is 53.5. The van der Waals surface area contributed by atoms with Crippen molar-refractivity contribution >= 4 is 96.6 Å². The quantitative estimate of drug-likeness (QED) is 0.0602. The van der Waals surface area contributed by atoms with Crippen LogP contribution in [0.15, 0.2) is 84.9 Å². The van der Waals surface area contributed by atoms with Gasteiger partial charge in [0.1, 0.15) is 52.5 Å². The number of ether oxygens (including phenoxy) is 4. The van der Waals surface area contributed by atoms with Crippen LogP contribution in [0.3, 0.4) is 0 Å². The van der Waals surface area contributed by atoms with E-state index < -0.39 is 58.3 Å². The maximum atomic E-state index is 14.1. The number of para-hydroxylation sites is 2. The fraction of sp³-hybridized carbons (Fsp3) is 0.362. The molecule has 10 rings (SSSR count). The molecule has 0 radical (unpaired) electrons. The number of hydrogen-bond donors (Lipinski definition) is 3. The number of Topliss-reactive ketones (excluding diaryl/α,β-unsaturated/α-hetero) is 2. The standard InChI is InChI=1S/C32H38O7Si.C31H36O8Si.C6H4BBrO2/c1-18-13-22-24(16-34)28-25(38-17-20-9-11-21(37-6)12-10-20)14-26(39-40(7,8)32(3,4)5)30(35)29(28)31(36)27(22)19(2)23(18)15-33;1-17-12-20-22(15-33)25-23(38-16-18-8-10-19(37-5)11-9-18)13-24(39-40(6,7)31(2,3)4)29(35)27(25)30(36)26(20)28(34)21(17)14-32;8-7-9-5-3-1-2-4-6(5)10-7/h9-13,15-16,25-26,36H,14,17H2,1-8H3;8-12,14-15,23-24,34,36H,13,16H2,1-7H3;1-4H/t25-,26-;23-,24-;/m00./s1. The number of aryl methyl sites for hydroxylation is 3. The number of hydrogen-bond acceptors (Lipinski definition) is 17. The highest BCUT2D eigenvalue weighted by Gasteiger charge is 2.48. The van der Waals surface area contributed by atoms with Gasteiger partial charge in [-0.2, -0.15) is 0 Å². The summed E-state index contributed by atoms with van der Waals surface area (Å²) >= 11 is 3.17. The molecule has 1 heterocycles. The van der Waals surface area contributed by atoms with Crippen molar-refractivity contribution in [2.45, 2.75) is 149 Å². The maximum Gasteiger partial charge on any atom is 0.678 e. The second-order valence-corrected chi connectivity index (χ2v) is 36.1. The van der Waals surface area contributed by atoms with Gasteiger partial charge in [0, 0.05) is 51.4 Å². The predicted molar refractivity (Wildman–Crippen MR) is 354 cm³/mol. The van der Waals surface area contributed by atoms with E-state index in [-0.39, 0.29) is 97.8 Å². The molecule has 0 unspecified atom stereocenters. The van der Waals surface area contributed by atoms with Crippen molar-refractivity contribution in [3.63, 3.8) is 0 Å². The summed E-state index contributed by atoms with van der Waals surface area (Å²) in [5, 5.41) is 34.7. The molecule has 0 aromatic heterocycles. The highest BCUT2D eigenvalue weighted by molar-refractivity contribution is 9.24. The first-order valence-electron chi connectivity index (χ1n) is 29.5. The third-order valence-electron chi connectivity index (χ3n) is 18.1. The van der Waals surface area contributed by atoms with Crippen LogP contribution in [0.25, 0.3) is 21.5 Å². The first-order chi connectivity index (χ1) is 42.4. The Labute approximate surface area is 535 Å². The Morgan fingerprint density at radius 1 is 0.544 bits per heavy atom. The second kappa shape index (κ2) is 27.1. The summed E-state index contributed by atoms with van der Waals surface area (Å²) in [4.78, 5) is 76.9. The van der Waals surface area contributed by atoms with E-state index in [9.17, 15) is 44.1 Å². The Kier molecular flexibility index (Phi) is 20.6. The summed E-state index contributed by atoms with van der Waals surface area (Å²) in [7, 11) is -1.66. The fourth-order valence-corrected chi connectivity index (χ4v) is 14.0. The summed E-state index contributed by atoms with van der Waals surface area (Å²) in [5.74, 6) is 0.608. The number of carbonyl (C=O) groups is 6. The molecule has 1 aliphatic heterocycles. The minimum Gasteiger partial charge on any atom is -0.514 e. The molecule has 4 atom stereocenters. The van der Waals surface area contributed by atoms with E-state index >= 15 is 0 Å². The smallest absolute Gasteiger partial charge is 0.514 e. The Hall–Kier alpha value is -7.50. The Bertz CT molecular complexity index is 3680. The number of rotatable bonds is 16. The lowest BCUT2D eigenvalue weighted by atomic mass is 9.79. The summed E-state index contributed by atoms with van der Waals surface area (Å²) in [6, 6.07) is 25.7. The van der Waals surface area contributed by atoms with E-state index in [0.29, 0.717) is 63.2 Å². The molecule has 0 saturated carbocycles. The summed E-state index contributed by atoms with van der Waals surface area (Å²) < 4.78 is 46.8. The lowest BCUT2D eigenvalue weighted by molar-refractivity contribution is 0.000367. The molecule has 474 valence electrons. The lowest BCUT2D eigenvalue weighted by Gasteiger charge is -2.41. The fourth-order valence-electron chi connectivity index (χ4n) is 11.0. The molecular weight excluding hydrogens is 1250 g/mol. The van der Waals surface area contributed by atoms with Crippen molar-refractivity contribution in [2.75, 3.05) is 14.2 Å². The number of ketones is 2. The topological polar surface area (TPSA) is 237 Å². The van der Waals surface area contributed by atoms with Crippen molar-refractivity contribution in [3.05, 3.63) is 157 Å². The number of benzene rings is 7. The first-order valence-corrected chi connectivity index (χ1v) is 36.3. The van der Waals surface area contributed by atoms with Gasteiger partial charge in [-0.1, -0.05) is 77.9 Å². The summed E-state index contributed by atoms with van der Waals surface area (Å²) in [6.45, 7) is 26.2. The van der Waals surface area contributed by atoms with Gasteiger partial charge in [0.15, 0.2) is 53.3 Å². The predicted octanol–water partition coefficient (Wildman–Crippen LogP) is 15.3. The number of carbonyl (C=O) groups excluding carboxylic acids is 6. The molecule has 17 nitrogen and oxygen atoms in total. The lowest BCUT2D eigenvalue weighted by Crippen LogP contribution is -2.48. The van der Waals surface area contributed by atoms with E-state index in [1.54, 1.807) is 47.1 Å². The van der Waals surface area contributed by atoms with Gasteiger partial charge in [0.25, 0.3) is 0 Å². The SMILES string of the molecule is BrB1Oc2ccccc2O1.COc1ccc(CO[C@H]2C[C@H](O[Si](C)(C)C(C)(C)C)C(=O)c3c2c(C=O)c2cc(C)c(C=O)c(C)c2c3O)cc1.COc1ccc(CO[C@H]2C[C@H](O[Si](C)(C)C(C)(C)C)C(=O)c3c2c(C=O)c2cc(C)c(C=O)c(O)c2c3O)cc1. The zero-order chi connectivity index (χ0) is 66.1. The van der Waals surface area contributed by atoms with Crippen molar-refractivity contribution < 1.29 is 81.2 Å². The highest BCUT2D eigenvalue weighted by atomic mass is 79.9. The number of halogens is 1. The number of fused-ring (bicyclic) bond motifs is 5. The van der Waals surface area contributed by atoms with E-state index in [0.717, 1.165) is 34.7 Å². The minimum absolute atomic E-state index is 0.0239. The highest BCUT2D eigenvalue weighted by Crippen LogP contribution is 2.52. The van der Waals surface area contributed by atoms with E-state index in [1.807, 2.05) is 85.9 Å². The van der Waals surface area contributed by atoms with Gasteiger partial charge >= 0.3 is 5.94 Å². The number of aromatic hydroxyl groups is 3. The van der Waals surface area contributed by atoms with E-state index in [4.69, 9.17) is 37.1 Å². The van der Waals surface area contributed by atoms with Gasteiger partial charge in [-0.15, -0.1) is 0 Å². The molecule has 2 aliphatic carbocycles. The molecule has 0 spiro atoms. The van der Waals surface area contributed by atoms with Crippen molar-refractivity contribution in [1.29, 1.82) is 0 Å². The Morgan fingerprint density at radius 2 is 0.911 bits per heavy atom. The van der Waals surface area contributed by atoms with Gasteiger partial charge < -0.3 is 52.4 Å². The van der Waals surface area contributed by atoms with Crippen LogP contribution in [0.1, 0.15) is 168 Å². The average molecular weight is 1330 g/mol. The van der Waals surface area contributed by atoms with Crippen LogP contribution in [0.4, 0.5) is 0 Å². The van der Waals surface area contributed by atoms with E-state index in [1.165, 1.54) is 0 Å². The molecule has 21 heteroatoms. The van der Waals surface area contributed by atoms with Crippen LogP contribution in [0, 0.1) is 20.8 Å². The Balaban J connectivity index is 0.000000200. The van der Waals surface area contributed by atoms with E-state index in [2.05, 4.69) is 70.4 Å². The largest absolute Gasteiger partial charge is 0.678 e. The van der Waals surface area contributed by atoms with Crippen molar-refractivity contribution in [1.82, 2.24) is 0 Å². The minimum atomic E-state index is -2.45. The van der Waals surface area contributed by atoms with Gasteiger partial charge in [-0.05, 0) is 155 Å². The zero-order valence-corrected chi connectivity index (χ0v) is 57.1. The molecule has 3 N–H and O–H groups in total. The average Bonchev–Trinajstić information content (AvgIpc) is 0.824. The van der Waals surface area contributed by atoms with Crippen LogP contribution in [-0.2, 0) is 31.5 Å². The van der Waals surface area contributed by atoms with Crippen LogP contribution >= 0.6 is 15.8 Å². The maximum absolute atomic E-state index is 14.1. The van der Waals surface area contributed by atoms with Crippen LogP contribution < -0.4 is 18.8 Å². The van der Waals surface area contributed by atoms with Gasteiger partial charge in [-0.3, -0.25) is 28.8 Å². The number of methoxy groups -OCH3 is 2. The van der Waals surface area contributed by atoms with Gasteiger partial charge in [0.2, 0.25) is 0 Å². The number of phenols is 3. The van der Waals surface area contributed by atoms with Gasteiger partial charge in [-0.25, -0.2) is 0 Å². The molecular formula is C69H78BBrO17Si2. The molecule has 7 aromatic rings. The number of phenolic OH excluding ortho intramolecular Hbond substituents is 3. The van der Waals surface area contributed by atoms with Crippen LogP contribution in [0.5, 0.6) is 40.2 Å². The monoisotopic (exact) mass is 1320 g/mol. The summed E-state index contributed by atoms with van der Waals surface area (Å²) in [6.07, 6.45) is -0.352.